The quantitative estimate of drug-likeness (QED) is 0.841. The van der Waals surface area contributed by atoms with Crippen molar-refractivity contribution in [3.8, 4) is 0 Å². The molecule has 1 N–H and O–H groups in total. The van der Waals surface area contributed by atoms with Gasteiger partial charge in [-0.25, -0.2) is 0 Å². The van der Waals surface area contributed by atoms with Crippen LogP contribution in [0.3, 0.4) is 0 Å². The Kier molecular flexibility index (Phi) is 5.59. The predicted molar refractivity (Wildman–Crippen MR) is 86.5 cm³/mol. The maximum absolute atomic E-state index is 5.39. The Morgan fingerprint density at radius 1 is 1.05 bits per heavy atom. The van der Waals surface area contributed by atoms with Crippen LogP contribution in [0, 0.1) is 0 Å². The average molecular weight is 300 g/mol. The van der Waals surface area contributed by atoms with Crippen LogP contribution < -0.4 is 5.32 Å². The van der Waals surface area contributed by atoms with Crippen molar-refractivity contribution in [2.75, 3.05) is 32.8 Å². The molecule has 5 nitrogen and oxygen atoms in total. The SMILES string of the molecule is c1ccc(CNCc2cccn2CCN2CCOCC2)nc1. The topological polar surface area (TPSA) is 42.3 Å². The lowest BCUT2D eigenvalue weighted by atomic mass is 10.3. The van der Waals surface area contributed by atoms with Gasteiger partial charge in [-0.1, -0.05) is 6.07 Å². The Morgan fingerprint density at radius 3 is 2.77 bits per heavy atom. The minimum Gasteiger partial charge on any atom is -0.379 e. The van der Waals surface area contributed by atoms with Crippen LogP contribution in [-0.2, 0) is 24.4 Å². The maximum Gasteiger partial charge on any atom is 0.0594 e. The number of pyridine rings is 1. The summed E-state index contributed by atoms with van der Waals surface area (Å²) < 4.78 is 7.73. The lowest BCUT2D eigenvalue weighted by Crippen LogP contribution is -2.38. The van der Waals surface area contributed by atoms with Crippen molar-refractivity contribution in [3.63, 3.8) is 0 Å². The van der Waals surface area contributed by atoms with Crippen molar-refractivity contribution < 1.29 is 4.74 Å². The Balaban J connectivity index is 1.45. The summed E-state index contributed by atoms with van der Waals surface area (Å²) in [6.45, 7) is 7.62. The van der Waals surface area contributed by atoms with Crippen LogP contribution in [0.15, 0.2) is 42.7 Å². The summed E-state index contributed by atoms with van der Waals surface area (Å²) >= 11 is 0. The summed E-state index contributed by atoms with van der Waals surface area (Å²) in [6, 6.07) is 10.3. The van der Waals surface area contributed by atoms with E-state index in [0.29, 0.717) is 0 Å². The largest absolute Gasteiger partial charge is 0.379 e. The average Bonchev–Trinajstić information content (AvgIpc) is 3.02. The van der Waals surface area contributed by atoms with E-state index >= 15 is 0 Å². The van der Waals surface area contributed by atoms with Crippen LogP contribution >= 0.6 is 0 Å². The molecule has 3 rings (SSSR count). The molecule has 0 spiro atoms. The van der Waals surface area contributed by atoms with Crippen molar-refractivity contribution in [1.29, 1.82) is 0 Å². The summed E-state index contributed by atoms with van der Waals surface area (Å²) in [7, 11) is 0. The highest BCUT2D eigenvalue weighted by molar-refractivity contribution is 5.08. The predicted octanol–water partition coefficient (Wildman–Crippen LogP) is 1.51. The van der Waals surface area contributed by atoms with Crippen LogP contribution in [0.5, 0.6) is 0 Å². The number of ether oxygens (including phenoxy) is 1. The van der Waals surface area contributed by atoms with E-state index in [9.17, 15) is 0 Å². The molecule has 1 saturated heterocycles. The van der Waals surface area contributed by atoms with Gasteiger partial charge in [0, 0.05) is 57.4 Å². The van der Waals surface area contributed by atoms with E-state index in [1.54, 1.807) is 0 Å². The third-order valence-electron chi connectivity index (χ3n) is 4.02. The second-order valence-electron chi connectivity index (χ2n) is 5.57. The normalized spacial score (nSPS) is 16.0. The summed E-state index contributed by atoms with van der Waals surface area (Å²) in [5, 5.41) is 3.47. The molecular weight excluding hydrogens is 276 g/mol. The minimum atomic E-state index is 0.801. The maximum atomic E-state index is 5.39. The third kappa shape index (κ3) is 4.40. The third-order valence-corrected chi connectivity index (χ3v) is 4.02. The molecule has 0 saturated carbocycles. The molecule has 0 unspecified atom stereocenters. The molecule has 0 radical (unpaired) electrons. The molecule has 118 valence electrons. The van der Waals surface area contributed by atoms with E-state index in [1.807, 2.05) is 24.4 Å². The number of rotatable bonds is 7. The number of morpholine rings is 1. The first-order chi connectivity index (χ1) is 10.9. The lowest BCUT2D eigenvalue weighted by molar-refractivity contribution is 0.0363. The van der Waals surface area contributed by atoms with Gasteiger partial charge in [0.15, 0.2) is 0 Å². The number of hydrogen-bond acceptors (Lipinski definition) is 4. The fourth-order valence-corrected chi connectivity index (χ4v) is 2.72. The van der Waals surface area contributed by atoms with Crippen LogP contribution in [0.25, 0.3) is 0 Å². The molecule has 0 aliphatic carbocycles. The Morgan fingerprint density at radius 2 is 1.95 bits per heavy atom. The molecule has 1 aliphatic heterocycles. The molecule has 0 amide bonds. The van der Waals surface area contributed by atoms with Crippen LogP contribution in [0.1, 0.15) is 11.4 Å². The molecule has 0 aromatic carbocycles. The molecule has 0 bridgehead atoms. The highest BCUT2D eigenvalue weighted by atomic mass is 16.5. The molecule has 5 heteroatoms. The van der Waals surface area contributed by atoms with Crippen LogP contribution in [0.2, 0.25) is 0 Å². The zero-order valence-electron chi connectivity index (χ0n) is 12.9. The van der Waals surface area contributed by atoms with E-state index in [0.717, 1.165) is 58.2 Å². The van der Waals surface area contributed by atoms with Crippen LogP contribution in [0.4, 0.5) is 0 Å². The van der Waals surface area contributed by atoms with E-state index in [4.69, 9.17) is 4.74 Å². The van der Waals surface area contributed by atoms with E-state index < -0.39 is 0 Å². The summed E-state index contributed by atoms with van der Waals surface area (Å²) in [5.41, 5.74) is 2.40. The fourth-order valence-electron chi connectivity index (χ4n) is 2.72. The van der Waals surface area contributed by atoms with Crippen molar-refractivity contribution in [2.24, 2.45) is 0 Å². The highest BCUT2D eigenvalue weighted by Crippen LogP contribution is 2.05. The van der Waals surface area contributed by atoms with Gasteiger partial charge < -0.3 is 14.6 Å². The molecule has 1 fully saturated rings. The number of hydrogen-bond donors (Lipinski definition) is 1. The first-order valence-electron chi connectivity index (χ1n) is 7.96. The van der Waals surface area contributed by atoms with Crippen LogP contribution in [-0.4, -0.2) is 47.3 Å². The second-order valence-corrected chi connectivity index (χ2v) is 5.57. The summed E-state index contributed by atoms with van der Waals surface area (Å²) in [6.07, 6.45) is 4.00. The standard InChI is InChI=1S/C17H24N4O/c1-2-6-19-16(4-1)14-18-15-17-5-3-7-21(17)9-8-20-10-12-22-13-11-20/h1-7,18H,8-15H2. The number of nitrogens with one attached hydrogen (secondary N) is 1. The van der Waals surface area contributed by atoms with Gasteiger partial charge in [-0.15, -0.1) is 0 Å². The summed E-state index contributed by atoms with van der Waals surface area (Å²) in [5.74, 6) is 0. The Bertz CT molecular complexity index is 549. The minimum absolute atomic E-state index is 0.801. The Labute approximate surface area is 131 Å². The van der Waals surface area contributed by atoms with E-state index in [-0.39, 0.29) is 0 Å². The first-order valence-corrected chi connectivity index (χ1v) is 7.96. The van der Waals surface area contributed by atoms with E-state index in [1.165, 1.54) is 5.69 Å². The van der Waals surface area contributed by atoms with Crippen molar-refractivity contribution in [2.45, 2.75) is 19.6 Å². The highest BCUT2D eigenvalue weighted by Gasteiger charge is 2.10. The van der Waals surface area contributed by atoms with Gasteiger partial charge in [0.25, 0.3) is 0 Å². The van der Waals surface area contributed by atoms with Gasteiger partial charge in [-0.05, 0) is 24.3 Å². The molecular formula is C17H24N4O. The van der Waals surface area contributed by atoms with Gasteiger partial charge >= 0.3 is 0 Å². The lowest BCUT2D eigenvalue weighted by Gasteiger charge is -2.27. The van der Waals surface area contributed by atoms with E-state index in [2.05, 4.69) is 38.1 Å². The molecule has 3 heterocycles. The van der Waals surface area contributed by atoms with Crippen molar-refractivity contribution >= 4 is 0 Å². The molecule has 0 atom stereocenters. The van der Waals surface area contributed by atoms with Crippen molar-refractivity contribution in [1.82, 2.24) is 19.8 Å². The van der Waals surface area contributed by atoms with Crippen molar-refractivity contribution in [3.05, 3.63) is 54.1 Å². The van der Waals surface area contributed by atoms with Gasteiger partial charge in [0.1, 0.15) is 0 Å². The van der Waals surface area contributed by atoms with Gasteiger partial charge in [0.05, 0.1) is 18.9 Å². The molecule has 2 aromatic heterocycles. The molecule has 22 heavy (non-hydrogen) atoms. The van der Waals surface area contributed by atoms with Gasteiger partial charge in [0.2, 0.25) is 0 Å². The number of nitrogens with zero attached hydrogens (tertiary/aromatic N) is 3. The Hall–Kier alpha value is -1.69. The van der Waals surface area contributed by atoms with Gasteiger partial charge in [-0.2, -0.15) is 0 Å². The molecule has 1 aliphatic rings. The monoisotopic (exact) mass is 300 g/mol. The summed E-state index contributed by atoms with van der Waals surface area (Å²) in [4.78, 5) is 6.80. The zero-order valence-corrected chi connectivity index (χ0v) is 12.9. The fraction of sp³-hybridized carbons (Fsp3) is 0.471. The smallest absolute Gasteiger partial charge is 0.0594 e. The molecule has 2 aromatic rings. The first kappa shape index (κ1) is 15.2. The van der Waals surface area contributed by atoms with Gasteiger partial charge in [-0.3, -0.25) is 9.88 Å². The zero-order chi connectivity index (χ0) is 15.0. The number of aromatic nitrogens is 2. The second kappa shape index (κ2) is 8.08.